The summed E-state index contributed by atoms with van der Waals surface area (Å²) in [7, 11) is 3.24. The lowest BCUT2D eigenvalue weighted by Gasteiger charge is -2.28. The van der Waals surface area contributed by atoms with Gasteiger partial charge in [0.15, 0.2) is 11.5 Å². The average molecular weight is 489 g/mol. The molecule has 2 aromatic rings. The van der Waals surface area contributed by atoms with Crippen molar-refractivity contribution in [3.05, 3.63) is 45.6 Å². The Kier molecular flexibility index (Phi) is 11.4. The zero-order valence-corrected chi connectivity index (χ0v) is 22.4. The quantitative estimate of drug-likeness (QED) is 0.361. The molecule has 0 bridgehead atoms. The molecule has 0 aliphatic carbocycles. The summed E-state index contributed by atoms with van der Waals surface area (Å²) in [4.78, 5) is 31.1. The largest absolute Gasteiger partial charge is 0.493 e. The molecule has 0 unspecified atom stereocenters. The van der Waals surface area contributed by atoms with Crippen LogP contribution in [0.25, 0.3) is 0 Å². The summed E-state index contributed by atoms with van der Waals surface area (Å²) in [5, 5.41) is 2.06. The number of carbonyl (C=O) groups is 2. The van der Waals surface area contributed by atoms with Gasteiger partial charge in [0.2, 0.25) is 11.8 Å². The maximum Gasteiger partial charge on any atom is 0.242 e. The lowest BCUT2D eigenvalue weighted by Crippen LogP contribution is -2.44. The summed E-state index contributed by atoms with van der Waals surface area (Å²) in [6.45, 7) is 10.1. The molecule has 7 heteroatoms. The number of nitrogens with zero attached hydrogens (tertiary/aromatic N) is 2. The van der Waals surface area contributed by atoms with E-state index in [-0.39, 0.29) is 24.3 Å². The third kappa shape index (κ3) is 8.35. The number of thiophene rings is 1. The Morgan fingerprint density at radius 3 is 2.32 bits per heavy atom. The van der Waals surface area contributed by atoms with Crippen LogP contribution in [-0.4, -0.2) is 55.5 Å². The predicted octanol–water partition coefficient (Wildman–Crippen LogP) is 5.32. The maximum absolute atomic E-state index is 13.5. The summed E-state index contributed by atoms with van der Waals surface area (Å²) in [6.07, 6.45) is 3.03. The number of benzene rings is 1. The predicted molar refractivity (Wildman–Crippen MR) is 139 cm³/mol. The van der Waals surface area contributed by atoms with Gasteiger partial charge in [0, 0.05) is 24.4 Å². The number of unbranched alkanes of at least 4 members (excludes halogenated alkanes) is 1. The van der Waals surface area contributed by atoms with Crippen LogP contribution >= 0.6 is 11.3 Å². The van der Waals surface area contributed by atoms with Crippen LogP contribution in [0.5, 0.6) is 11.5 Å². The van der Waals surface area contributed by atoms with Crippen LogP contribution < -0.4 is 9.47 Å². The zero-order valence-electron chi connectivity index (χ0n) is 21.6. The van der Waals surface area contributed by atoms with Crippen LogP contribution in [0, 0.1) is 12.8 Å². The fourth-order valence-electron chi connectivity index (χ4n) is 3.71. The Bertz CT molecular complexity index is 925. The van der Waals surface area contributed by atoms with Gasteiger partial charge in [-0.2, -0.15) is 0 Å². The van der Waals surface area contributed by atoms with Crippen molar-refractivity contribution in [2.24, 2.45) is 5.92 Å². The van der Waals surface area contributed by atoms with E-state index in [1.807, 2.05) is 36.9 Å². The Morgan fingerprint density at radius 2 is 1.74 bits per heavy atom. The molecule has 34 heavy (non-hydrogen) atoms. The van der Waals surface area contributed by atoms with Crippen molar-refractivity contribution < 1.29 is 19.1 Å². The van der Waals surface area contributed by atoms with E-state index in [4.69, 9.17) is 9.47 Å². The molecular formula is C27H40N2O4S. The lowest BCUT2D eigenvalue weighted by molar-refractivity contribution is -0.141. The zero-order chi connectivity index (χ0) is 25.1. The van der Waals surface area contributed by atoms with Crippen molar-refractivity contribution in [1.82, 2.24) is 9.80 Å². The molecule has 0 N–H and O–H groups in total. The molecule has 0 atom stereocenters. The van der Waals surface area contributed by atoms with Crippen LogP contribution in [0.2, 0.25) is 0 Å². The molecule has 6 nitrogen and oxygen atoms in total. The van der Waals surface area contributed by atoms with Gasteiger partial charge in [0.1, 0.15) is 0 Å². The smallest absolute Gasteiger partial charge is 0.242 e. The van der Waals surface area contributed by atoms with Crippen LogP contribution in [0.4, 0.5) is 0 Å². The summed E-state index contributed by atoms with van der Waals surface area (Å²) >= 11 is 1.66. The highest BCUT2D eigenvalue weighted by Gasteiger charge is 2.22. The van der Waals surface area contributed by atoms with Gasteiger partial charge in [0.25, 0.3) is 0 Å². The van der Waals surface area contributed by atoms with E-state index in [1.165, 1.54) is 10.4 Å². The molecule has 188 valence electrons. The molecule has 0 aliphatic heterocycles. The standard InChI is InChI=1S/C27H40N2O4S/c1-7-8-13-28(26(30)16-20(2)3)19-27(31)29(18-25-21(4)12-15-34-25)14-11-22-9-10-23(32-5)24(17-22)33-6/h9-10,12,15,17,20H,7-8,11,13-14,16,18-19H2,1-6H3. The van der Waals surface area contributed by atoms with Gasteiger partial charge in [-0.15, -0.1) is 11.3 Å². The van der Waals surface area contributed by atoms with E-state index in [2.05, 4.69) is 25.3 Å². The van der Waals surface area contributed by atoms with E-state index in [0.717, 1.165) is 18.4 Å². The second-order valence-corrected chi connectivity index (χ2v) is 10.0. The number of hydrogen-bond acceptors (Lipinski definition) is 5. The highest BCUT2D eigenvalue weighted by Crippen LogP contribution is 2.28. The fourth-order valence-corrected chi connectivity index (χ4v) is 4.63. The first-order chi connectivity index (χ1) is 16.3. The van der Waals surface area contributed by atoms with Crippen molar-refractivity contribution in [2.75, 3.05) is 33.9 Å². The first kappa shape index (κ1) is 27.7. The molecule has 0 radical (unpaired) electrons. The molecule has 0 saturated carbocycles. The minimum absolute atomic E-state index is 0.0125. The summed E-state index contributed by atoms with van der Waals surface area (Å²) in [5.74, 6) is 1.67. The Balaban J connectivity index is 2.18. The van der Waals surface area contributed by atoms with Crippen molar-refractivity contribution >= 4 is 23.2 Å². The van der Waals surface area contributed by atoms with E-state index in [0.29, 0.717) is 44.0 Å². The van der Waals surface area contributed by atoms with E-state index >= 15 is 0 Å². The third-order valence-electron chi connectivity index (χ3n) is 5.82. The third-order valence-corrected chi connectivity index (χ3v) is 6.82. The number of carbonyl (C=O) groups excluding carboxylic acids is 2. The molecule has 0 fully saturated rings. The number of amides is 2. The van der Waals surface area contributed by atoms with Gasteiger partial charge in [-0.05, 0) is 60.4 Å². The van der Waals surface area contributed by atoms with Crippen molar-refractivity contribution in [3.63, 3.8) is 0 Å². The van der Waals surface area contributed by atoms with Crippen molar-refractivity contribution in [2.45, 2.75) is 59.9 Å². The highest BCUT2D eigenvalue weighted by molar-refractivity contribution is 7.10. The van der Waals surface area contributed by atoms with Crippen molar-refractivity contribution in [1.29, 1.82) is 0 Å². The molecule has 0 saturated heterocycles. The normalized spacial score (nSPS) is 10.9. The first-order valence-electron chi connectivity index (χ1n) is 12.1. The monoisotopic (exact) mass is 488 g/mol. The van der Waals surface area contributed by atoms with Gasteiger partial charge in [0.05, 0.1) is 27.3 Å². The Morgan fingerprint density at radius 1 is 1.00 bits per heavy atom. The number of hydrogen-bond donors (Lipinski definition) is 0. The Hall–Kier alpha value is -2.54. The number of methoxy groups -OCH3 is 2. The fraction of sp³-hybridized carbons (Fsp3) is 0.556. The van der Waals surface area contributed by atoms with Crippen molar-refractivity contribution in [3.8, 4) is 11.5 Å². The summed E-state index contributed by atoms with van der Waals surface area (Å²) < 4.78 is 10.8. The van der Waals surface area contributed by atoms with E-state index in [9.17, 15) is 9.59 Å². The van der Waals surface area contributed by atoms with Crippen LogP contribution in [0.3, 0.4) is 0 Å². The van der Waals surface area contributed by atoms with Crippen LogP contribution in [-0.2, 0) is 22.6 Å². The van der Waals surface area contributed by atoms with Gasteiger partial charge >= 0.3 is 0 Å². The molecule has 0 aliphatic rings. The number of rotatable bonds is 14. The van der Waals surface area contributed by atoms with Crippen LogP contribution in [0.15, 0.2) is 29.6 Å². The first-order valence-corrected chi connectivity index (χ1v) is 13.0. The molecule has 1 aromatic carbocycles. The molecule has 2 rings (SSSR count). The molecule has 1 aromatic heterocycles. The number of aryl methyl sites for hydroxylation is 1. The average Bonchev–Trinajstić information content (AvgIpc) is 3.22. The van der Waals surface area contributed by atoms with Crippen LogP contribution in [0.1, 0.15) is 56.0 Å². The minimum Gasteiger partial charge on any atom is -0.493 e. The SMILES string of the molecule is CCCCN(CC(=O)N(CCc1ccc(OC)c(OC)c1)Cc1sccc1C)C(=O)CC(C)C. The van der Waals surface area contributed by atoms with E-state index < -0.39 is 0 Å². The topological polar surface area (TPSA) is 59.1 Å². The van der Waals surface area contributed by atoms with E-state index in [1.54, 1.807) is 30.5 Å². The van der Waals surface area contributed by atoms with Gasteiger partial charge in [-0.3, -0.25) is 9.59 Å². The molecule has 0 spiro atoms. The lowest BCUT2D eigenvalue weighted by atomic mass is 10.1. The summed E-state index contributed by atoms with van der Waals surface area (Å²) in [5.41, 5.74) is 2.25. The molecule has 1 heterocycles. The minimum atomic E-state index is -0.0125. The summed E-state index contributed by atoms with van der Waals surface area (Å²) in [6, 6.07) is 7.93. The Labute approximate surface area is 208 Å². The van der Waals surface area contributed by atoms with Gasteiger partial charge in [-0.25, -0.2) is 0 Å². The molecular weight excluding hydrogens is 448 g/mol. The second kappa shape index (κ2) is 14.0. The maximum atomic E-state index is 13.5. The number of ether oxygens (including phenoxy) is 2. The highest BCUT2D eigenvalue weighted by atomic mass is 32.1. The van der Waals surface area contributed by atoms with Gasteiger partial charge in [-0.1, -0.05) is 33.3 Å². The van der Waals surface area contributed by atoms with Gasteiger partial charge < -0.3 is 19.3 Å². The molecule has 2 amide bonds. The second-order valence-electron chi connectivity index (χ2n) is 9.05.